The molecule has 2 aromatic carbocycles. The van der Waals surface area contributed by atoms with Crippen LogP contribution in [-0.4, -0.2) is 49.1 Å². The highest BCUT2D eigenvalue weighted by atomic mass is 16.2. The summed E-state index contributed by atoms with van der Waals surface area (Å²) in [4.78, 5) is 28.3. The normalized spacial score (nSPS) is 15.4. The number of rotatable bonds is 5. The number of amides is 3. The molecular formula is C20H24N4O2. The fraction of sp³-hybridized carbons (Fsp3) is 0.300. The van der Waals surface area contributed by atoms with E-state index >= 15 is 0 Å². The van der Waals surface area contributed by atoms with E-state index in [1.807, 2.05) is 53.4 Å². The van der Waals surface area contributed by atoms with Crippen molar-refractivity contribution in [2.24, 2.45) is 5.73 Å². The standard InChI is InChI=1S/C20H24N4O2/c21-20(26)22-18(15-16-7-3-1-4-8-16)19(25)24-13-11-23(12-14-24)17-9-5-2-6-10-17/h1-10,18H,11-15H2,(H3,21,22,26). The predicted molar refractivity (Wildman–Crippen MR) is 102 cm³/mol. The minimum atomic E-state index is -0.679. The van der Waals surface area contributed by atoms with Gasteiger partial charge in [-0.15, -0.1) is 0 Å². The molecule has 3 N–H and O–H groups in total. The summed E-state index contributed by atoms with van der Waals surface area (Å²) in [6, 6.07) is 18.5. The van der Waals surface area contributed by atoms with Crippen molar-refractivity contribution < 1.29 is 9.59 Å². The van der Waals surface area contributed by atoms with Gasteiger partial charge in [0, 0.05) is 38.3 Å². The van der Waals surface area contributed by atoms with E-state index in [-0.39, 0.29) is 5.91 Å². The smallest absolute Gasteiger partial charge is 0.312 e. The summed E-state index contributed by atoms with van der Waals surface area (Å²) in [5.74, 6) is -0.0830. The second kappa shape index (κ2) is 8.38. The number of carbonyl (C=O) groups excluding carboxylic acids is 2. The maximum absolute atomic E-state index is 12.9. The maximum atomic E-state index is 12.9. The van der Waals surface area contributed by atoms with Crippen LogP contribution in [0.1, 0.15) is 5.56 Å². The zero-order valence-corrected chi connectivity index (χ0v) is 14.7. The van der Waals surface area contributed by atoms with Crippen LogP contribution >= 0.6 is 0 Å². The van der Waals surface area contributed by atoms with Crippen molar-refractivity contribution in [3.05, 3.63) is 66.2 Å². The maximum Gasteiger partial charge on any atom is 0.312 e. The zero-order chi connectivity index (χ0) is 18.4. The van der Waals surface area contributed by atoms with Gasteiger partial charge in [0.25, 0.3) is 0 Å². The highest BCUT2D eigenvalue weighted by molar-refractivity contribution is 5.87. The Morgan fingerprint density at radius 2 is 1.50 bits per heavy atom. The first-order valence-corrected chi connectivity index (χ1v) is 8.82. The molecule has 1 unspecified atom stereocenters. The largest absolute Gasteiger partial charge is 0.368 e. The molecule has 1 fully saturated rings. The molecule has 3 rings (SSSR count). The number of hydrogen-bond acceptors (Lipinski definition) is 3. The molecule has 3 amide bonds. The molecule has 1 heterocycles. The summed E-state index contributed by atoms with van der Waals surface area (Å²) in [5.41, 5.74) is 7.43. The highest BCUT2D eigenvalue weighted by Crippen LogP contribution is 2.16. The van der Waals surface area contributed by atoms with Crippen LogP contribution in [0.2, 0.25) is 0 Å². The molecular weight excluding hydrogens is 328 g/mol. The topological polar surface area (TPSA) is 78.7 Å². The van der Waals surface area contributed by atoms with E-state index in [0.717, 1.165) is 24.3 Å². The van der Waals surface area contributed by atoms with Crippen molar-refractivity contribution in [2.75, 3.05) is 31.1 Å². The predicted octanol–water partition coefficient (Wildman–Crippen LogP) is 1.61. The van der Waals surface area contributed by atoms with Crippen LogP contribution in [0.25, 0.3) is 0 Å². The van der Waals surface area contributed by atoms with Crippen molar-refractivity contribution >= 4 is 17.6 Å². The van der Waals surface area contributed by atoms with Crippen LogP contribution in [0.15, 0.2) is 60.7 Å². The van der Waals surface area contributed by atoms with E-state index in [2.05, 4.69) is 22.3 Å². The molecule has 0 bridgehead atoms. The zero-order valence-electron chi connectivity index (χ0n) is 14.7. The average Bonchev–Trinajstić information content (AvgIpc) is 2.68. The molecule has 0 spiro atoms. The van der Waals surface area contributed by atoms with Gasteiger partial charge in [0.2, 0.25) is 5.91 Å². The molecule has 6 heteroatoms. The van der Waals surface area contributed by atoms with Gasteiger partial charge in [-0.25, -0.2) is 4.79 Å². The lowest BCUT2D eigenvalue weighted by Crippen LogP contribution is -2.56. The average molecular weight is 352 g/mol. The molecule has 1 aliphatic heterocycles. The SMILES string of the molecule is NC(=O)NC(Cc1ccccc1)C(=O)N1CCN(c2ccccc2)CC1. The van der Waals surface area contributed by atoms with Gasteiger partial charge in [-0.05, 0) is 17.7 Å². The van der Waals surface area contributed by atoms with Crippen molar-refractivity contribution in [1.82, 2.24) is 10.2 Å². The summed E-state index contributed by atoms with van der Waals surface area (Å²) in [6.45, 7) is 2.79. The number of anilines is 1. The Kier molecular flexibility index (Phi) is 5.73. The minimum absolute atomic E-state index is 0.0830. The van der Waals surface area contributed by atoms with Crippen LogP contribution < -0.4 is 16.0 Å². The lowest BCUT2D eigenvalue weighted by molar-refractivity contribution is -0.133. The first kappa shape index (κ1) is 17.8. The fourth-order valence-electron chi connectivity index (χ4n) is 3.27. The number of primary amides is 1. The summed E-state index contributed by atoms with van der Waals surface area (Å²) in [7, 11) is 0. The molecule has 0 radical (unpaired) electrons. The molecule has 1 aliphatic rings. The first-order chi connectivity index (χ1) is 12.6. The second-order valence-corrected chi connectivity index (χ2v) is 6.40. The molecule has 1 atom stereocenters. The van der Waals surface area contributed by atoms with Gasteiger partial charge in [0.1, 0.15) is 6.04 Å². The van der Waals surface area contributed by atoms with E-state index in [9.17, 15) is 9.59 Å². The van der Waals surface area contributed by atoms with Gasteiger partial charge in [0.15, 0.2) is 0 Å². The highest BCUT2D eigenvalue weighted by Gasteiger charge is 2.28. The third-order valence-corrected chi connectivity index (χ3v) is 4.61. The summed E-state index contributed by atoms with van der Waals surface area (Å²) in [5, 5.41) is 2.60. The Balaban J connectivity index is 1.63. The number of nitrogens with zero attached hydrogens (tertiary/aromatic N) is 2. The summed E-state index contributed by atoms with van der Waals surface area (Å²) >= 11 is 0. The Bertz CT molecular complexity index is 728. The van der Waals surface area contributed by atoms with Gasteiger partial charge in [0.05, 0.1) is 0 Å². The quantitative estimate of drug-likeness (QED) is 0.858. The lowest BCUT2D eigenvalue weighted by atomic mass is 10.0. The van der Waals surface area contributed by atoms with Crippen LogP contribution in [0, 0.1) is 0 Å². The third-order valence-electron chi connectivity index (χ3n) is 4.61. The molecule has 136 valence electrons. The van der Waals surface area contributed by atoms with Crippen molar-refractivity contribution in [2.45, 2.75) is 12.5 Å². The third kappa shape index (κ3) is 4.53. The van der Waals surface area contributed by atoms with Gasteiger partial charge in [-0.3, -0.25) is 4.79 Å². The summed E-state index contributed by atoms with van der Waals surface area (Å²) in [6.07, 6.45) is 0.432. The Morgan fingerprint density at radius 1 is 0.923 bits per heavy atom. The van der Waals surface area contributed by atoms with Crippen LogP contribution in [0.4, 0.5) is 10.5 Å². The molecule has 0 aromatic heterocycles. The minimum Gasteiger partial charge on any atom is -0.368 e. The number of benzene rings is 2. The number of para-hydroxylation sites is 1. The van der Waals surface area contributed by atoms with Crippen molar-refractivity contribution in [1.29, 1.82) is 0 Å². The second-order valence-electron chi connectivity index (χ2n) is 6.40. The van der Waals surface area contributed by atoms with E-state index in [1.165, 1.54) is 0 Å². The summed E-state index contributed by atoms with van der Waals surface area (Å²) < 4.78 is 0. The Hall–Kier alpha value is -3.02. The van der Waals surface area contributed by atoms with E-state index < -0.39 is 12.1 Å². The molecule has 26 heavy (non-hydrogen) atoms. The number of urea groups is 1. The number of piperazine rings is 1. The monoisotopic (exact) mass is 352 g/mol. The van der Waals surface area contributed by atoms with Gasteiger partial charge < -0.3 is 20.9 Å². The van der Waals surface area contributed by atoms with Crippen LogP contribution in [0.5, 0.6) is 0 Å². The molecule has 2 aromatic rings. The Labute approximate surface area is 153 Å². The molecule has 0 aliphatic carbocycles. The fourth-order valence-corrected chi connectivity index (χ4v) is 3.27. The number of nitrogens with one attached hydrogen (secondary N) is 1. The van der Waals surface area contributed by atoms with E-state index in [0.29, 0.717) is 19.5 Å². The number of hydrogen-bond donors (Lipinski definition) is 2. The Morgan fingerprint density at radius 3 is 2.08 bits per heavy atom. The molecule has 6 nitrogen and oxygen atoms in total. The lowest BCUT2D eigenvalue weighted by Gasteiger charge is -2.37. The van der Waals surface area contributed by atoms with Gasteiger partial charge >= 0.3 is 6.03 Å². The van der Waals surface area contributed by atoms with Crippen LogP contribution in [-0.2, 0) is 11.2 Å². The molecule has 0 saturated carbocycles. The van der Waals surface area contributed by atoms with Gasteiger partial charge in [-0.2, -0.15) is 0 Å². The van der Waals surface area contributed by atoms with Crippen LogP contribution in [0.3, 0.4) is 0 Å². The van der Waals surface area contributed by atoms with Gasteiger partial charge in [-0.1, -0.05) is 48.5 Å². The molecule has 1 saturated heterocycles. The first-order valence-electron chi connectivity index (χ1n) is 8.82. The van der Waals surface area contributed by atoms with Crippen molar-refractivity contribution in [3.8, 4) is 0 Å². The number of carbonyl (C=O) groups is 2. The van der Waals surface area contributed by atoms with Crippen molar-refractivity contribution in [3.63, 3.8) is 0 Å². The number of nitrogens with two attached hydrogens (primary N) is 1. The van der Waals surface area contributed by atoms with E-state index in [4.69, 9.17) is 5.73 Å². The van der Waals surface area contributed by atoms with E-state index in [1.54, 1.807) is 0 Å².